The van der Waals surface area contributed by atoms with Crippen LogP contribution in [0.25, 0.3) is 0 Å². The Labute approximate surface area is 186 Å². The molecule has 0 spiro atoms. The molecule has 0 aliphatic heterocycles. The summed E-state index contributed by atoms with van der Waals surface area (Å²) in [4.78, 5) is 35.4. The van der Waals surface area contributed by atoms with E-state index in [1.54, 1.807) is 18.2 Å². The van der Waals surface area contributed by atoms with Crippen molar-refractivity contribution < 1.29 is 23.9 Å². The Morgan fingerprint density at radius 1 is 1.06 bits per heavy atom. The van der Waals surface area contributed by atoms with E-state index in [4.69, 9.17) is 9.47 Å². The van der Waals surface area contributed by atoms with Crippen LogP contribution in [0.5, 0.6) is 11.5 Å². The largest absolute Gasteiger partial charge is 0.493 e. The maximum atomic E-state index is 12.2. The molecule has 3 amide bonds. The van der Waals surface area contributed by atoms with Crippen LogP contribution < -0.4 is 25.5 Å². The van der Waals surface area contributed by atoms with Crippen LogP contribution in [0.4, 0.5) is 5.69 Å². The molecule has 32 heavy (non-hydrogen) atoms. The van der Waals surface area contributed by atoms with Gasteiger partial charge in [0.05, 0.1) is 13.3 Å². The zero-order chi connectivity index (χ0) is 22.9. The monoisotopic (exact) mass is 438 g/mol. The molecule has 2 aromatic rings. The second-order valence-corrected chi connectivity index (χ2v) is 7.24. The third-order valence-electron chi connectivity index (χ3n) is 4.69. The highest BCUT2D eigenvalue weighted by Gasteiger charge is 2.26. The number of carbonyl (C=O) groups excluding carboxylic acids is 3. The van der Waals surface area contributed by atoms with Crippen molar-refractivity contribution in [2.75, 3.05) is 19.0 Å². The van der Waals surface area contributed by atoms with Gasteiger partial charge in [-0.1, -0.05) is 19.1 Å². The van der Waals surface area contributed by atoms with Crippen LogP contribution in [-0.2, 0) is 20.8 Å². The van der Waals surface area contributed by atoms with Crippen molar-refractivity contribution in [3.63, 3.8) is 0 Å². The number of hydrazone groups is 1. The smallest absolute Gasteiger partial charge is 0.329 e. The lowest BCUT2D eigenvalue weighted by Crippen LogP contribution is -2.38. The highest BCUT2D eigenvalue weighted by molar-refractivity contribution is 6.35. The lowest BCUT2D eigenvalue weighted by molar-refractivity contribution is -0.139. The molecule has 1 fully saturated rings. The number of methoxy groups -OCH3 is 1. The maximum absolute atomic E-state index is 12.2. The number of hydrogen-bond donors (Lipinski definition) is 3. The SMILES string of the molecule is CCc1ccc(NC(=O)COc2ccc(/C=N\NC(=O)C(=O)NC3CC3)cc2OC)cc1. The lowest BCUT2D eigenvalue weighted by Gasteiger charge is -2.11. The topological polar surface area (TPSA) is 118 Å². The van der Waals surface area contributed by atoms with Crippen molar-refractivity contribution in [3.8, 4) is 11.5 Å². The summed E-state index contributed by atoms with van der Waals surface area (Å²) in [6.07, 6.45) is 4.09. The molecule has 1 aliphatic rings. The molecule has 9 nitrogen and oxygen atoms in total. The molecule has 9 heteroatoms. The van der Waals surface area contributed by atoms with Gasteiger partial charge >= 0.3 is 11.8 Å². The van der Waals surface area contributed by atoms with Gasteiger partial charge in [-0.3, -0.25) is 14.4 Å². The van der Waals surface area contributed by atoms with Gasteiger partial charge in [-0.15, -0.1) is 0 Å². The summed E-state index contributed by atoms with van der Waals surface area (Å²) in [5.41, 5.74) is 4.67. The number of nitrogens with zero attached hydrogens (tertiary/aromatic N) is 1. The Morgan fingerprint density at radius 3 is 2.47 bits per heavy atom. The quantitative estimate of drug-likeness (QED) is 0.314. The fraction of sp³-hybridized carbons (Fsp3) is 0.304. The molecule has 3 N–H and O–H groups in total. The number of ether oxygens (including phenoxy) is 2. The predicted molar refractivity (Wildman–Crippen MR) is 120 cm³/mol. The van der Waals surface area contributed by atoms with Crippen molar-refractivity contribution >= 4 is 29.6 Å². The first-order chi connectivity index (χ1) is 15.5. The van der Waals surface area contributed by atoms with Crippen LogP contribution >= 0.6 is 0 Å². The van der Waals surface area contributed by atoms with Crippen molar-refractivity contribution in [2.45, 2.75) is 32.2 Å². The van der Waals surface area contributed by atoms with Crippen molar-refractivity contribution in [3.05, 3.63) is 53.6 Å². The Balaban J connectivity index is 1.50. The Morgan fingerprint density at radius 2 is 1.81 bits per heavy atom. The number of aryl methyl sites for hydroxylation is 1. The third-order valence-corrected chi connectivity index (χ3v) is 4.69. The van der Waals surface area contributed by atoms with Crippen LogP contribution in [0.1, 0.15) is 30.9 Å². The summed E-state index contributed by atoms with van der Waals surface area (Å²) >= 11 is 0. The summed E-state index contributed by atoms with van der Waals surface area (Å²) in [7, 11) is 1.47. The van der Waals surface area contributed by atoms with Crippen molar-refractivity contribution in [1.82, 2.24) is 10.7 Å². The van der Waals surface area contributed by atoms with Gasteiger partial charge in [0.2, 0.25) is 0 Å². The molecule has 0 bridgehead atoms. The van der Waals surface area contributed by atoms with Gasteiger partial charge < -0.3 is 20.1 Å². The summed E-state index contributed by atoms with van der Waals surface area (Å²) in [5, 5.41) is 9.14. The Kier molecular flexibility index (Phi) is 7.80. The van der Waals surface area contributed by atoms with E-state index < -0.39 is 11.8 Å². The van der Waals surface area contributed by atoms with Gasteiger partial charge in [0, 0.05) is 11.7 Å². The lowest BCUT2D eigenvalue weighted by atomic mass is 10.1. The highest BCUT2D eigenvalue weighted by atomic mass is 16.5. The zero-order valence-electron chi connectivity index (χ0n) is 18.0. The first kappa shape index (κ1) is 22.8. The summed E-state index contributed by atoms with van der Waals surface area (Å²) < 4.78 is 10.9. The molecule has 0 aromatic heterocycles. The van der Waals surface area contributed by atoms with Gasteiger partial charge in [-0.05, 0) is 60.7 Å². The summed E-state index contributed by atoms with van der Waals surface area (Å²) in [5.74, 6) is -1.05. The molecular formula is C23H26N4O5. The van der Waals surface area contributed by atoms with Gasteiger partial charge in [-0.2, -0.15) is 5.10 Å². The molecule has 3 rings (SSSR count). The number of amides is 3. The average molecular weight is 438 g/mol. The molecule has 0 unspecified atom stereocenters. The van der Waals surface area contributed by atoms with Crippen molar-refractivity contribution in [2.24, 2.45) is 5.10 Å². The van der Waals surface area contributed by atoms with E-state index in [1.165, 1.54) is 18.9 Å². The number of rotatable bonds is 9. The van der Waals surface area contributed by atoms with E-state index in [-0.39, 0.29) is 18.6 Å². The van der Waals surface area contributed by atoms with E-state index in [2.05, 4.69) is 28.1 Å². The van der Waals surface area contributed by atoms with E-state index in [0.29, 0.717) is 22.7 Å². The molecule has 1 saturated carbocycles. The first-order valence-electron chi connectivity index (χ1n) is 10.3. The first-order valence-corrected chi connectivity index (χ1v) is 10.3. The normalized spacial score (nSPS) is 12.8. The minimum absolute atomic E-state index is 0.0951. The highest BCUT2D eigenvalue weighted by Crippen LogP contribution is 2.27. The molecule has 1 aliphatic carbocycles. The molecule has 0 radical (unpaired) electrons. The summed E-state index contributed by atoms with van der Waals surface area (Å²) in [6, 6.07) is 12.7. The summed E-state index contributed by atoms with van der Waals surface area (Å²) in [6.45, 7) is 1.88. The van der Waals surface area contributed by atoms with Gasteiger partial charge in [-0.25, -0.2) is 5.43 Å². The van der Waals surface area contributed by atoms with E-state index >= 15 is 0 Å². The van der Waals surface area contributed by atoms with E-state index in [9.17, 15) is 14.4 Å². The van der Waals surface area contributed by atoms with Crippen LogP contribution in [-0.4, -0.2) is 43.7 Å². The average Bonchev–Trinajstić information content (AvgIpc) is 3.62. The minimum atomic E-state index is -0.824. The third kappa shape index (κ3) is 6.83. The van der Waals surface area contributed by atoms with Gasteiger partial charge in [0.25, 0.3) is 5.91 Å². The molecule has 0 atom stereocenters. The maximum Gasteiger partial charge on any atom is 0.329 e. The molecule has 0 heterocycles. The second-order valence-electron chi connectivity index (χ2n) is 7.24. The number of hydrogen-bond acceptors (Lipinski definition) is 6. The zero-order valence-corrected chi connectivity index (χ0v) is 18.0. The Hall–Kier alpha value is -3.88. The second kappa shape index (κ2) is 10.9. The predicted octanol–water partition coefficient (Wildman–Crippen LogP) is 2.00. The van der Waals surface area contributed by atoms with E-state index in [0.717, 1.165) is 19.3 Å². The fourth-order valence-electron chi connectivity index (χ4n) is 2.74. The number of nitrogens with one attached hydrogen (secondary N) is 3. The van der Waals surface area contributed by atoms with Crippen LogP contribution in [0.3, 0.4) is 0 Å². The Bertz CT molecular complexity index is 1000. The van der Waals surface area contributed by atoms with Gasteiger partial charge in [0.15, 0.2) is 18.1 Å². The standard InChI is InChI=1S/C23H26N4O5/c1-3-15-4-7-17(8-5-15)25-21(28)14-32-19-11-6-16(12-20(19)31-2)13-24-27-23(30)22(29)26-18-9-10-18/h4-8,11-13,18H,3,9-10,14H2,1-2H3,(H,25,28)(H,26,29)(H,27,30)/b24-13-. The molecule has 0 saturated heterocycles. The van der Waals surface area contributed by atoms with Gasteiger partial charge in [0.1, 0.15) is 0 Å². The number of anilines is 1. The molecule has 168 valence electrons. The molecular weight excluding hydrogens is 412 g/mol. The minimum Gasteiger partial charge on any atom is -0.493 e. The molecule has 2 aromatic carbocycles. The van der Waals surface area contributed by atoms with Crippen LogP contribution in [0, 0.1) is 0 Å². The fourth-order valence-corrected chi connectivity index (χ4v) is 2.74. The van der Waals surface area contributed by atoms with Crippen molar-refractivity contribution in [1.29, 1.82) is 0 Å². The number of benzene rings is 2. The number of carbonyl (C=O) groups is 3. The van der Waals surface area contributed by atoms with E-state index in [1.807, 2.05) is 24.3 Å². The van der Waals surface area contributed by atoms with Crippen LogP contribution in [0.2, 0.25) is 0 Å². The van der Waals surface area contributed by atoms with Crippen LogP contribution in [0.15, 0.2) is 47.6 Å².